The number of hydrogen-bond acceptors (Lipinski definition) is 4. The van der Waals surface area contributed by atoms with E-state index >= 15 is 0 Å². The Morgan fingerprint density at radius 1 is 1.18 bits per heavy atom. The first-order chi connectivity index (χ1) is 8.04. The van der Waals surface area contributed by atoms with Crippen molar-refractivity contribution in [1.82, 2.24) is 5.32 Å². The van der Waals surface area contributed by atoms with E-state index in [4.69, 9.17) is 0 Å². The van der Waals surface area contributed by atoms with Crippen LogP contribution in [0.4, 0.5) is 11.4 Å². The Balaban J connectivity index is 2.07. The fraction of sp³-hybridized carbons (Fsp3) is 0.455. The number of sulfonamides is 1. The summed E-state index contributed by atoms with van der Waals surface area (Å²) < 4.78 is 24.6. The number of piperazine rings is 1. The van der Waals surface area contributed by atoms with Gasteiger partial charge in [0, 0.05) is 37.6 Å². The Hall–Kier alpha value is -1.27. The normalized spacial score (nSPS) is 16.9. The average Bonchev–Trinajstić information content (AvgIpc) is 2.29. The monoisotopic (exact) mass is 255 g/mol. The van der Waals surface area contributed by atoms with Crippen molar-refractivity contribution >= 4 is 21.4 Å². The Morgan fingerprint density at radius 2 is 1.76 bits per heavy atom. The minimum Gasteiger partial charge on any atom is -0.369 e. The summed E-state index contributed by atoms with van der Waals surface area (Å²) in [5, 5.41) is 3.29. The van der Waals surface area contributed by atoms with Crippen LogP contribution in [0.25, 0.3) is 0 Å². The highest BCUT2D eigenvalue weighted by Gasteiger charge is 2.10. The van der Waals surface area contributed by atoms with Crippen LogP contribution in [0.5, 0.6) is 0 Å². The standard InChI is InChI=1S/C11H17N3O2S/c1-17(15,16)13-10-2-4-11(5-3-10)14-8-6-12-7-9-14/h2-5,12-13H,6-9H2,1H3. The first kappa shape index (κ1) is 12.2. The molecule has 1 aromatic carbocycles. The molecule has 0 radical (unpaired) electrons. The molecule has 6 heteroatoms. The molecule has 2 rings (SSSR count). The molecule has 1 heterocycles. The van der Waals surface area contributed by atoms with Crippen LogP contribution in [0, 0.1) is 0 Å². The fourth-order valence-corrected chi connectivity index (χ4v) is 2.44. The van der Waals surface area contributed by atoms with Gasteiger partial charge >= 0.3 is 0 Å². The number of anilines is 2. The highest BCUT2D eigenvalue weighted by molar-refractivity contribution is 7.92. The van der Waals surface area contributed by atoms with Crippen molar-refractivity contribution in [1.29, 1.82) is 0 Å². The molecule has 2 N–H and O–H groups in total. The van der Waals surface area contributed by atoms with Crippen LogP contribution in [0.2, 0.25) is 0 Å². The predicted octanol–water partition coefficient (Wildman–Crippen LogP) is 0.468. The number of nitrogens with one attached hydrogen (secondary N) is 2. The van der Waals surface area contributed by atoms with Gasteiger partial charge in [0.25, 0.3) is 0 Å². The zero-order valence-electron chi connectivity index (χ0n) is 9.81. The molecular formula is C11H17N3O2S. The summed E-state index contributed by atoms with van der Waals surface area (Å²) in [7, 11) is -3.19. The molecule has 1 aliphatic heterocycles. The van der Waals surface area contributed by atoms with Gasteiger partial charge < -0.3 is 10.2 Å². The van der Waals surface area contributed by atoms with Gasteiger partial charge in [0.2, 0.25) is 10.0 Å². The largest absolute Gasteiger partial charge is 0.369 e. The van der Waals surface area contributed by atoms with E-state index in [1.807, 2.05) is 12.1 Å². The second kappa shape index (κ2) is 4.93. The highest BCUT2D eigenvalue weighted by atomic mass is 32.2. The molecule has 0 amide bonds. The molecule has 1 saturated heterocycles. The molecule has 0 bridgehead atoms. The molecule has 1 fully saturated rings. The number of benzene rings is 1. The number of hydrogen-bond donors (Lipinski definition) is 2. The molecule has 0 aromatic heterocycles. The maximum atomic E-state index is 11.1. The van der Waals surface area contributed by atoms with Gasteiger partial charge in [0.05, 0.1) is 6.26 Å². The lowest BCUT2D eigenvalue weighted by Crippen LogP contribution is -2.43. The summed E-state index contributed by atoms with van der Waals surface area (Å²) in [5.41, 5.74) is 1.73. The first-order valence-electron chi connectivity index (χ1n) is 5.58. The van der Waals surface area contributed by atoms with Crippen LogP contribution in [-0.4, -0.2) is 40.9 Å². The summed E-state index contributed by atoms with van der Waals surface area (Å²) in [5.74, 6) is 0. The SMILES string of the molecule is CS(=O)(=O)Nc1ccc(N2CCNCC2)cc1. The van der Waals surface area contributed by atoms with Crippen LogP contribution in [0.15, 0.2) is 24.3 Å². The molecule has 1 aliphatic rings. The molecule has 0 unspecified atom stereocenters. The van der Waals surface area contributed by atoms with E-state index in [1.165, 1.54) is 0 Å². The van der Waals surface area contributed by atoms with Crippen molar-refractivity contribution in [2.24, 2.45) is 0 Å². The van der Waals surface area contributed by atoms with Crippen molar-refractivity contribution < 1.29 is 8.42 Å². The zero-order valence-corrected chi connectivity index (χ0v) is 10.6. The summed E-state index contributed by atoms with van der Waals surface area (Å²) in [6.45, 7) is 3.95. The van der Waals surface area contributed by atoms with Crippen LogP contribution in [-0.2, 0) is 10.0 Å². The maximum absolute atomic E-state index is 11.1. The third kappa shape index (κ3) is 3.61. The Morgan fingerprint density at radius 3 is 2.29 bits per heavy atom. The van der Waals surface area contributed by atoms with Gasteiger partial charge in [0.1, 0.15) is 0 Å². The molecule has 0 spiro atoms. The van der Waals surface area contributed by atoms with Gasteiger partial charge in [-0.05, 0) is 24.3 Å². The second-order valence-electron chi connectivity index (χ2n) is 4.16. The van der Waals surface area contributed by atoms with Gasteiger partial charge in [-0.3, -0.25) is 4.72 Å². The lowest BCUT2D eigenvalue weighted by molar-refractivity contribution is 0.589. The lowest BCUT2D eigenvalue weighted by Gasteiger charge is -2.29. The molecular weight excluding hydrogens is 238 g/mol. The van der Waals surface area contributed by atoms with Gasteiger partial charge in [-0.2, -0.15) is 0 Å². The van der Waals surface area contributed by atoms with E-state index in [1.54, 1.807) is 12.1 Å². The van der Waals surface area contributed by atoms with Gasteiger partial charge in [0.15, 0.2) is 0 Å². The van der Waals surface area contributed by atoms with E-state index < -0.39 is 10.0 Å². The van der Waals surface area contributed by atoms with Crippen molar-refractivity contribution in [2.45, 2.75) is 0 Å². The highest BCUT2D eigenvalue weighted by Crippen LogP contribution is 2.18. The minimum atomic E-state index is -3.19. The third-order valence-corrected chi connectivity index (χ3v) is 3.26. The van der Waals surface area contributed by atoms with E-state index in [-0.39, 0.29) is 0 Å². The van der Waals surface area contributed by atoms with E-state index in [0.717, 1.165) is 38.1 Å². The van der Waals surface area contributed by atoms with Gasteiger partial charge in [-0.1, -0.05) is 0 Å². The number of nitrogens with zero attached hydrogens (tertiary/aromatic N) is 1. The molecule has 0 aliphatic carbocycles. The van der Waals surface area contributed by atoms with Crippen LogP contribution in [0.3, 0.4) is 0 Å². The van der Waals surface area contributed by atoms with Crippen LogP contribution < -0.4 is 14.9 Å². The first-order valence-corrected chi connectivity index (χ1v) is 7.47. The van der Waals surface area contributed by atoms with Crippen molar-refractivity contribution in [3.05, 3.63) is 24.3 Å². The minimum absolute atomic E-state index is 0.603. The van der Waals surface area contributed by atoms with Crippen LogP contribution in [0.1, 0.15) is 0 Å². The van der Waals surface area contributed by atoms with E-state index in [2.05, 4.69) is 14.9 Å². The Bertz CT molecular complexity index is 464. The molecule has 0 atom stereocenters. The zero-order chi connectivity index (χ0) is 12.3. The van der Waals surface area contributed by atoms with Crippen molar-refractivity contribution in [3.63, 3.8) is 0 Å². The molecule has 94 valence electrons. The second-order valence-corrected chi connectivity index (χ2v) is 5.91. The average molecular weight is 255 g/mol. The quantitative estimate of drug-likeness (QED) is 0.824. The Labute approximate surface area is 102 Å². The molecule has 1 aromatic rings. The van der Waals surface area contributed by atoms with Gasteiger partial charge in [-0.25, -0.2) is 8.42 Å². The molecule has 5 nitrogen and oxygen atoms in total. The maximum Gasteiger partial charge on any atom is 0.229 e. The van der Waals surface area contributed by atoms with E-state index in [9.17, 15) is 8.42 Å². The predicted molar refractivity (Wildman–Crippen MR) is 70.0 cm³/mol. The fourth-order valence-electron chi connectivity index (χ4n) is 1.88. The summed E-state index contributed by atoms with van der Waals surface area (Å²) >= 11 is 0. The molecule has 0 saturated carbocycles. The topological polar surface area (TPSA) is 61.4 Å². The van der Waals surface area contributed by atoms with Crippen molar-refractivity contribution in [2.75, 3.05) is 42.1 Å². The summed E-state index contributed by atoms with van der Waals surface area (Å²) in [4.78, 5) is 2.28. The molecule has 17 heavy (non-hydrogen) atoms. The van der Waals surface area contributed by atoms with Gasteiger partial charge in [-0.15, -0.1) is 0 Å². The lowest BCUT2D eigenvalue weighted by atomic mass is 10.2. The van der Waals surface area contributed by atoms with Crippen LogP contribution >= 0.6 is 0 Å². The third-order valence-electron chi connectivity index (χ3n) is 2.65. The van der Waals surface area contributed by atoms with Crippen molar-refractivity contribution in [3.8, 4) is 0 Å². The summed E-state index contributed by atoms with van der Waals surface area (Å²) in [6, 6.07) is 7.47. The Kier molecular flexibility index (Phi) is 3.54. The van der Waals surface area contributed by atoms with E-state index in [0.29, 0.717) is 5.69 Å². The smallest absolute Gasteiger partial charge is 0.229 e. The number of rotatable bonds is 3. The summed E-state index contributed by atoms with van der Waals surface area (Å²) in [6.07, 6.45) is 1.15.